The van der Waals surface area contributed by atoms with Crippen molar-refractivity contribution in [2.75, 3.05) is 33.7 Å². The Morgan fingerprint density at radius 1 is 1.25 bits per heavy atom. The average Bonchev–Trinajstić information content (AvgIpc) is 3.31. The zero-order chi connectivity index (χ0) is 19.9. The SMILES string of the molecule is CN(C)C(=O)N1CCC2(CC1)CN(C(=O)Cc1ccsc1)Cc1cn(C)nc12. The van der Waals surface area contributed by atoms with Crippen LogP contribution < -0.4 is 0 Å². The van der Waals surface area contributed by atoms with Gasteiger partial charge in [0.25, 0.3) is 0 Å². The number of likely N-dealkylation sites (tertiary alicyclic amines) is 1. The van der Waals surface area contributed by atoms with Crippen molar-refractivity contribution in [3.63, 3.8) is 0 Å². The van der Waals surface area contributed by atoms with Gasteiger partial charge in [-0.05, 0) is 35.2 Å². The van der Waals surface area contributed by atoms with Crippen LogP contribution in [0.3, 0.4) is 0 Å². The number of urea groups is 1. The lowest BCUT2D eigenvalue weighted by Crippen LogP contribution is -2.55. The zero-order valence-corrected chi connectivity index (χ0v) is 17.5. The summed E-state index contributed by atoms with van der Waals surface area (Å²) in [6, 6.07) is 2.07. The van der Waals surface area contributed by atoms with Crippen molar-refractivity contribution < 1.29 is 9.59 Å². The second-order valence-corrected chi connectivity index (χ2v) is 8.96. The Morgan fingerprint density at radius 2 is 2.00 bits per heavy atom. The maximum atomic E-state index is 13.0. The molecule has 0 bridgehead atoms. The fraction of sp³-hybridized carbons (Fsp3) is 0.550. The van der Waals surface area contributed by atoms with Crippen LogP contribution in [0.25, 0.3) is 0 Å². The molecule has 0 radical (unpaired) electrons. The van der Waals surface area contributed by atoms with E-state index in [1.54, 1.807) is 30.3 Å². The molecule has 2 aromatic heterocycles. The summed E-state index contributed by atoms with van der Waals surface area (Å²) in [5, 5.41) is 8.82. The molecule has 0 N–H and O–H groups in total. The van der Waals surface area contributed by atoms with Gasteiger partial charge in [-0.2, -0.15) is 16.4 Å². The van der Waals surface area contributed by atoms with Crippen molar-refractivity contribution in [3.05, 3.63) is 39.8 Å². The van der Waals surface area contributed by atoms with E-state index in [1.807, 2.05) is 44.6 Å². The number of amides is 3. The lowest BCUT2D eigenvalue weighted by molar-refractivity contribution is -0.133. The normalized spacial score (nSPS) is 18.2. The van der Waals surface area contributed by atoms with E-state index < -0.39 is 0 Å². The molecule has 0 atom stereocenters. The van der Waals surface area contributed by atoms with Crippen LogP contribution in [0, 0.1) is 0 Å². The molecule has 2 aliphatic heterocycles. The molecule has 4 rings (SSSR count). The van der Waals surface area contributed by atoms with Gasteiger partial charge in [0.15, 0.2) is 0 Å². The molecule has 3 amide bonds. The molecular weight excluding hydrogens is 374 g/mol. The molecule has 0 saturated carbocycles. The number of fused-ring (bicyclic) bond motifs is 2. The van der Waals surface area contributed by atoms with Crippen molar-refractivity contribution in [2.24, 2.45) is 7.05 Å². The van der Waals surface area contributed by atoms with E-state index in [2.05, 4.69) is 0 Å². The Balaban J connectivity index is 1.56. The van der Waals surface area contributed by atoms with Crippen molar-refractivity contribution in [1.82, 2.24) is 24.5 Å². The van der Waals surface area contributed by atoms with E-state index in [9.17, 15) is 9.59 Å². The summed E-state index contributed by atoms with van der Waals surface area (Å²) in [6.07, 6.45) is 4.15. The van der Waals surface area contributed by atoms with Crippen LogP contribution >= 0.6 is 11.3 Å². The van der Waals surface area contributed by atoms with E-state index in [0.717, 1.165) is 29.7 Å². The molecule has 28 heavy (non-hydrogen) atoms. The van der Waals surface area contributed by atoms with Gasteiger partial charge in [-0.1, -0.05) is 0 Å². The first kappa shape index (κ1) is 19.0. The van der Waals surface area contributed by atoms with Gasteiger partial charge in [0.2, 0.25) is 5.91 Å². The fourth-order valence-corrected chi connectivity index (χ4v) is 5.13. The highest BCUT2D eigenvalue weighted by molar-refractivity contribution is 7.08. The monoisotopic (exact) mass is 401 g/mol. The van der Waals surface area contributed by atoms with E-state index in [-0.39, 0.29) is 17.4 Å². The molecule has 1 fully saturated rings. The van der Waals surface area contributed by atoms with Gasteiger partial charge >= 0.3 is 6.03 Å². The van der Waals surface area contributed by atoms with Crippen LogP contribution in [0.1, 0.15) is 29.7 Å². The molecule has 0 aliphatic carbocycles. The summed E-state index contributed by atoms with van der Waals surface area (Å²) in [5.41, 5.74) is 3.17. The van der Waals surface area contributed by atoms with E-state index >= 15 is 0 Å². The van der Waals surface area contributed by atoms with Gasteiger partial charge in [-0.3, -0.25) is 9.48 Å². The summed E-state index contributed by atoms with van der Waals surface area (Å²) in [4.78, 5) is 30.9. The maximum absolute atomic E-state index is 13.0. The highest BCUT2D eigenvalue weighted by Gasteiger charge is 2.46. The summed E-state index contributed by atoms with van der Waals surface area (Å²) in [5.74, 6) is 0.166. The number of hydrogen-bond donors (Lipinski definition) is 0. The zero-order valence-electron chi connectivity index (χ0n) is 16.7. The van der Waals surface area contributed by atoms with E-state index in [4.69, 9.17) is 5.10 Å². The van der Waals surface area contributed by atoms with Crippen LogP contribution in [-0.2, 0) is 30.2 Å². The molecule has 0 aromatic carbocycles. The Bertz CT molecular complexity index is 865. The fourth-order valence-electron chi connectivity index (χ4n) is 4.46. The molecule has 150 valence electrons. The Labute approximate surface area is 169 Å². The first-order chi connectivity index (χ1) is 13.4. The number of piperidine rings is 1. The highest BCUT2D eigenvalue weighted by atomic mass is 32.1. The molecular formula is C20H27N5O2S. The number of nitrogens with zero attached hydrogens (tertiary/aromatic N) is 5. The largest absolute Gasteiger partial charge is 0.337 e. The number of aromatic nitrogens is 2. The number of hydrogen-bond acceptors (Lipinski definition) is 4. The lowest BCUT2D eigenvalue weighted by atomic mass is 9.72. The average molecular weight is 402 g/mol. The third-order valence-electron chi connectivity index (χ3n) is 5.92. The molecule has 7 nitrogen and oxygen atoms in total. The summed E-state index contributed by atoms with van der Waals surface area (Å²) < 4.78 is 1.86. The third-order valence-corrected chi connectivity index (χ3v) is 6.66. The molecule has 1 saturated heterocycles. The Kier molecular flexibility index (Phi) is 4.91. The number of carbonyl (C=O) groups excluding carboxylic acids is 2. The number of aryl methyl sites for hydroxylation is 1. The second-order valence-electron chi connectivity index (χ2n) is 8.18. The smallest absolute Gasteiger partial charge is 0.319 e. The molecule has 2 aliphatic rings. The van der Waals surface area contributed by atoms with Gasteiger partial charge in [0, 0.05) is 64.5 Å². The maximum Gasteiger partial charge on any atom is 0.319 e. The third kappa shape index (κ3) is 3.41. The van der Waals surface area contributed by atoms with Crippen LogP contribution in [-0.4, -0.2) is 70.1 Å². The lowest BCUT2D eigenvalue weighted by Gasteiger charge is -2.46. The van der Waals surface area contributed by atoms with Crippen molar-refractivity contribution >= 4 is 23.3 Å². The predicted octanol–water partition coefficient (Wildman–Crippen LogP) is 2.08. The second kappa shape index (κ2) is 7.24. The topological polar surface area (TPSA) is 61.7 Å². The highest BCUT2D eigenvalue weighted by Crippen LogP contribution is 2.41. The molecule has 2 aromatic rings. The molecule has 1 spiro atoms. The Hall–Kier alpha value is -2.35. The van der Waals surface area contributed by atoms with Gasteiger partial charge in [-0.15, -0.1) is 0 Å². The number of thiophene rings is 1. The first-order valence-electron chi connectivity index (χ1n) is 9.66. The minimum Gasteiger partial charge on any atom is -0.337 e. The minimum atomic E-state index is -0.164. The van der Waals surface area contributed by atoms with Crippen LogP contribution in [0.5, 0.6) is 0 Å². The minimum absolute atomic E-state index is 0.0531. The van der Waals surface area contributed by atoms with E-state index in [1.165, 1.54) is 0 Å². The van der Waals surface area contributed by atoms with Crippen LogP contribution in [0.2, 0.25) is 0 Å². The number of carbonyl (C=O) groups is 2. The van der Waals surface area contributed by atoms with Gasteiger partial charge in [-0.25, -0.2) is 4.79 Å². The quantitative estimate of drug-likeness (QED) is 0.774. The van der Waals surface area contributed by atoms with Gasteiger partial charge in [0.1, 0.15) is 0 Å². The Morgan fingerprint density at radius 3 is 2.64 bits per heavy atom. The van der Waals surface area contributed by atoms with Gasteiger partial charge < -0.3 is 14.7 Å². The van der Waals surface area contributed by atoms with Crippen LogP contribution in [0.4, 0.5) is 4.79 Å². The molecule has 4 heterocycles. The van der Waals surface area contributed by atoms with Crippen LogP contribution in [0.15, 0.2) is 23.0 Å². The molecule has 0 unspecified atom stereocenters. The first-order valence-corrected chi connectivity index (χ1v) is 10.6. The number of rotatable bonds is 2. The summed E-state index contributed by atoms with van der Waals surface area (Å²) in [6.45, 7) is 2.69. The van der Waals surface area contributed by atoms with Gasteiger partial charge in [0.05, 0.1) is 12.1 Å². The summed E-state index contributed by atoms with van der Waals surface area (Å²) >= 11 is 1.62. The molecule has 8 heteroatoms. The van der Waals surface area contributed by atoms with Crippen molar-refractivity contribution in [2.45, 2.75) is 31.2 Å². The van der Waals surface area contributed by atoms with Crippen molar-refractivity contribution in [3.8, 4) is 0 Å². The standard InChI is InChI=1S/C20H27N5O2S/c1-22(2)19(27)24-7-5-20(6-8-24)14-25(12-16-11-23(3)21-18(16)20)17(26)10-15-4-9-28-13-15/h4,9,11,13H,5-8,10,12,14H2,1-3H3. The van der Waals surface area contributed by atoms with Crippen molar-refractivity contribution in [1.29, 1.82) is 0 Å². The predicted molar refractivity (Wildman–Crippen MR) is 108 cm³/mol. The summed E-state index contributed by atoms with van der Waals surface area (Å²) in [7, 11) is 5.51. The van der Waals surface area contributed by atoms with E-state index in [0.29, 0.717) is 32.6 Å².